The molecule has 1 saturated heterocycles. The van der Waals surface area contributed by atoms with Crippen molar-refractivity contribution in [2.24, 2.45) is 0 Å². The van der Waals surface area contributed by atoms with Crippen molar-refractivity contribution in [3.05, 3.63) is 59.7 Å². The molecule has 0 radical (unpaired) electrons. The molecule has 2 aromatic rings. The molecule has 130 valence electrons. The van der Waals surface area contributed by atoms with Crippen molar-refractivity contribution in [1.82, 2.24) is 0 Å². The minimum absolute atomic E-state index is 0.0825. The van der Waals surface area contributed by atoms with Gasteiger partial charge in [0, 0.05) is 29.9 Å². The Kier molecular flexibility index (Phi) is 4.62. The number of rotatable bonds is 3. The molecule has 1 N–H and O–H groups in total. The zero-order valence-corrected chi connectivity index (χ0v) is 15.0. The average molecular weight is 336 g/mol. The highest BCUT2D eigenvalue weighted by atomic mass is 16.2. The van der Waals surface area contributed by atoms with Crippen LogP contribution in [0.5, 0.6) is 0 Å². The first-order valence-corrected chi connectivity index (χ1v) is 8.67. The Morgan fingerprint density at radius 1 is 1.08 bits per heavy atom. The Morgan fingerprint density at radius 2 is 1.80 bits per heavy atom. The van der Waals surface area contributed by atoms with Crippen LogP contribution in [-0.2, 0) is 10.2 Å². The van der Waals surface area contributed by atoms with E-state index < -0.39 is 0 Å². The maximum absolute atomic E-state index is 12.5. The van der Waals surface area contributed by atoms with E-state index in [4.69, 9.17) is 0 Å². The smallest absolute Gasteiger partial charge is 0.255 e. The lowest BCUT2D eigenvalue weighted by Gasteiger charge is -2.19. The van der Waals surface area contributed by atoms with Gasteiger partial charge < -0.3 is 10.2 Å². The van der Waals surface area contributed by atoms with Crippen LogP contribution < -0.4 is 10.2 Å². The Hall–Kier alpha value is -2.62. The number of anilines is 2. The van der Waals surface area contributed by atoms with Gasteiger partial charge in [0.1, 0.15) is 0 Å². The second-order valence-electron chi connectivity index (χ2n) is 7.48. The van der Waals surface area contributed by atoms with E-state index in [1.807, 2.05) is 36.4 Å². The lowest BCUT2D eigenvalue weighted by atomic mass is 9.87. The van der Waals surface area contributed by atoms with Crippen molar-refractivity contribution in [2.75, 3.05) is 16.8 Å². The predicted molar refractivity (Wildman–Crippen MR) is 101 cm³/mol. The van der Waals surface area contributed by atoms with Gasteiger partial charge in [-0.1, -0.05) is 39.0 Å². The van der Waals surface area contributed by atoms with Crippen LogP contribution in [0.25, 0.3) is 0 Å². The zero-order valence-electron chi connectivity index (χ0n) is 15.0. The number of amides is 2. The summed E-state index contributed by atoms with van der Waals surface area (Å²) < 4.78 is 0. The molecule has 0 atom stereocenters. The van der Waals surface area contributed by atoms with E-state index in [9.17, 15) is 9.59 Å². The Labute approximate surface area is 148 Å². The SMILES string of the molecule is CC(C)(C)c1ccc(NC(=O)c2cccc(N3CCCC3=O)c2)cc1. The largest absolute Gasteiger partial charge is 0.322 e. The van der Waals surface area contributed by atoms with Gasteiger partial charge in [0.25, 0.3) is 5.91 Å². The fourth-order valence-corrected chi connectivity index (χ4v) is 2.99. The van der Waals surface area contributed by atoms with Crippen LogP contribution in [0.4, 0.5) is 11.4 Å². The van der Waals surface area contributed by atoms with Crippen molar-refractivity contribution in [3.8, 4) is 0 Å². The first-order chi connectivity index (χ1) is 11.8. The molecule has 0 saturated carbocycles. The second kappa shape index (κ2) is 6.71. The third-order valence-electron chi connectivity index (χ3n) is 4.50. The molecule has 1 fully saturated rings. The van der Waals surface area contributed by atoms with Crippen LogP contribution >= 0.6 is 0 Å². The van der Waals surface area contributed by atoms with Crippen LogP contribution in [0, 0.1) is 0 Å². The lowest BCUT2D eigenvalue weighted by Crippen LogP contribution is -2.24. The normalized spacial score (nSPS) is 14.7. The quantitative estimate of drug-likeness (QED) is 0.905. The van der Waals surface area contributed by atoms with Gasteiger partial charge in [-0.25, -0.2) is 0 Å². The number of benzene rings is 2. The molecule has 1 aliphatic heterocycles. The van der Waals surface area contributed by atoms with E-state index in [1.54, 1.807) is 17.0 Å². The highest BCUT2D eigenvalue weighted by Crippen LogP contribution is 2.25. The minimum Gasteiger partial charge on any atom is -0.322 e. The number of nitrogens with one attached hydrogen (secondary N) is 1. The Bertz CT molecular complexity index is 788. The number of carbonyl (C=O) groups is 2. The summed E-state index contributed by atoms with van der Waals surface area (Å²) in [6, 6.07) is 15.2. The molecule has 0 unspecified atom stereocenters. The Morgan fingerprint density at radius 3 is 2.40 bits per heavy atom. The van der Waals surface area contributed by atoms with E-state index >= 15 is 0 Å². The van der Waals surface area contributed by atoms with Crippen LogP contribution in [0.2, 0.25) is 0 Å². The van der Waals surface area contributed by atoms with Crippen LogP contribution in [-0.4, -0.2) is 18.4 Å². The summed E-state index contributed by atoms with van der Waals surface area (Å²) in [5.41, 5.74) is 3.41. The summed E-state index contributed by atoms with van der Waals surface area (Å²) in [6.07, 6.45) is 1.45. The van der Waals surface area contributed by atoms with E-state index in [0.717, 1.165) is 24.3 Å². The molecule has 25 heavy (non-hydrogen) atoms. The predicted octanol–water partition coefficient (Wildman–Crippen LogP) is 4.36. The lowest BCUT2D eigenvalue weighted by molar-refractivity contribution is -0.117. The highest BCUT2D eigenvalue weighted by molar-refractivity contribution is 6.05. The monoisotopic (exact) mass is 336 g/mol. The summed E-state index contributed by atoms with van der Waals surface area (Å²) >= 11 is 0. The molecular weight excluding hydrogens is 312 g/mol. The fourth-order valence-electron chi connectivity index (χ4n) is 2.99. The van der Waals surface area contributed by atoms with Crippen molar-refractivity contribution in [2.45, 2.75) is 39.0 Å². The van der Waals surface area contributed by atoms with E-state index in [1.165, 1.54) is 5.56 Å². The first kappa shape index (κ1) is 17.2. The molecule has 2 amide bonds. The van der Waals surface area contributed by atoms with Crippen LogP contribution in [0.15, 0.2) is 48.5 Å². The highest BCUT2D eigenvalue weighted by Gasteiger charge is 2.22. The van der Waals surface area contributed by atoms with Gasteiger partial charge in [-0.3, -0.25) is 9.59 Å². The third kappa shape index (κ3) is 3.90. The maximum Gasteiger partial charge on any atom is 0.255 e. The van der Waals surface area contributed by atoms with Gasteiger partial charge in [0.2, 0.25) is 5.91 Å². The minimum atomic E-state index is -0.169. The molecule has 4 nitrogen and oxygen atoms in total. The van der Waals surface area contributed by atoms with E-state index in [-0.39, 0.29) is 17.2 Å². The van der Waals surface area contributed by atoms with Gasteiger partial charge in [-0.2, -0.15) is 0 Å². The van der Waals surface area contributed by atoms with Crippen molar-refractivity contribution in [1.29, 1.82) is 0 Å². The van der Waals surface area contributed by atoms with Gasteiger partial charge >= 0.3 is 0 Å². The number of hydrogen-bond acceptors (Lipinski definition) is 2. The van der Waals surface area contributed by atoms with Crippen molar-refractivity contribution >= 4 is 23.2 Å². The molecule has 2 aromatic carbocycles. The topological polar surface area (TPSA) is 49.4 Å². The van der Waals surface area contributed by atoms with Gasteiger partial charge in [0.05, 0.1) is 0 Å². The third-order valence-corrected chi connectivity index (χ3v) is 4.50. The summed E-state index contributed by atoms with van der Waals surface area (Å²) in [5.74, 6) is -0.0488. The fraction of sp³-hybridized carbons (Fsp3) is 0.333. The van der Waals surface area contributed by atoms with Gasteiger partial charge in [0.15, 0.2) is 0 Å². The van der Waals surface area contributed by atoms with Crippen molar-refractivity contribution in [3.63, 3.8) is 0 Å². The molecule has 4 heteroatoms. The number of hydrogen-bond donors (Lipinski definition) is 1. The number of nitrogens with zero attached hydrogens (tertiary/aromatic N) is 1. The summed E-state index contributed by atoms with van der Waals surface area (Å²) in [6.45, 7) is 7.20. The van der Waals surface area contributed by atoms with E-state index in [0.29, 0.717) is 12.0 Å². The maximum atomic E-state index is 12.5. The Balaban J connectivity index is 1.74. The number of carbonyl (C=O) groups excluding carboxylic acids is 2. The summed E-state index contributed by atoms with van der Waals surface area (Å²) in [7, 11) is 0. The van der Waals surface area contributed by atoms with Crippen LogP contribution in [0.3, 0.4) is 0 Å². The standard InChI is InChI=1S/C21H24N2O2/c1-21(2,3)16-9-11-17(12-10-16)22-20(25)15-6-4-7-18(14-15)23-13-5-8-19(23)24/h4,6-7,9-12,14H,5,8,13H2,1-3H3,(H,22,25). The molecule has 0 aliphatic carbocycles. The van der Waals surface area contributed by atoms with Crippen LogP contribution in [0.1, 0.15) is 49.5 Å². The molecular formula is C21H24N2O2. The molecule has 0 aromatic heterocycles. The zero-order chi connectivity index (χ0) is 18.0. The molecule has 1 heterocycles. The molecule has 0 spiro atoms. The first-order valence-electron chi connectivity index (χ1n) is 8.67. The summed E-state index contributed by atoms with van der Waals surface area (Å²) in [4.78, 5) is 26.2. The van der Waals surface area contributed by atoms with E-state index in [2.05, 4.69) is 26.1 Å². The average Bonchev–Trinajstić information content (AvgIpc) is 3.01. The van der Waals surface area contributed by atoms with Gasteiger partial charge in [-0.15, -0.1) is 0 Å². The molecule has 1 aliphatic rings. The summed E-state index contributed by atoms with van der Waals surface area (Å²) in [5, 5.41) is 2.92. The molecule has 0 bridgehead atoms. The second-order valence-corrected chi connectivity index (χ2v) is 7.48. The molecule has 3 rings (SSSR count). The van der Waals surface area contributed by atoms with Gasteiger partial charge in [-0.05, 0) is 47.7 Å². The van der Waals surface area contributed by atoms with Crippen molar-refractivity contribution < 1.29 is 9.59 Å².